The first-order chi connectivity index (χ1) is 9.83. The Labute approximate surface area is 121 Å². The first kappa shape index (κ1) is 13.6. The van der Waals surface area contributed by atoms with Crippen molar-refractivity contribution in [2.24, 2.45) is 5.73 Å². The molecule has 0 amide bonds. The topological polar surface area (TPSA) is 43.8 Å². The number of fused-ring (bicyclic) bond motifs is 1. The molecule has 0 bridgehead atoms. The average molecular weight is 271 g/mol. The molecule has 1 aromatic heterocycles. The summed E-state index contributed by atoms with van der Waals surface area (Å²) >= 11 is 0. The van der Waals surface area contributed by atoms with E-state index >= 15 is 0 Å². The van der Waals surface area contributed by atoms with E-state index in [1.807, 2.05) is 0 Å². The van der Waals surface area contributed by atoms with Crippen LogP contribution in [0.25, 0.3) is 11.0 Å². The van der Waals surface area contributed by atoms with Crippen LogP contribution in [0.3, 0.4) is 0 Å². The third-order valence-corrected chi connectivity index (χ3v) is 4.61. The summed E-state index contributed by atoms with van der Waals surface area (Å²) < 4.78 is 2.41. The Balaban J connectivity index is 2.04. The van der Waals surface area contributed by atoms with Gasteiger partial charge in [0.2, 0.25) is 0 Å². The number of hydrogen-bond donors (Lipinski definition) is 1. The minimum atomic E-state index is 0.591. The highest BCUT2D eigenvalue weighted by Crippen LogP contribution is 2.33. The quantitative estimate of drug-likeness (QED) is 0.859. The van der Waals surface area contributed by atoms with E-state index < -0.39 is 0 Å². The van der Waals surface area contributed by atoms with Crippen LogP contribution in [0.15, 0.2) is 18.2 Å². The predicted molar refractivity (Wildman–Crippen MR) is 83.7 cm³/mol. The maximum atomic E-state index is 5.75. The fraction of sp³-hybridized carbons (Fsp3) is 0.588. The van der Waals surface area contributed by atoms with Gasteiger partial charge in [-0.1, -0.05) is 31.7 Å². The Bertz CT molecular complexity index is 577. The van der Waals surface area contributed by atoms with Crippen molar-refractivity contribution in [3.05, 3.63) is 29.6 Å². The minimum absolute atomic E-state index is 0.591. The molecule has 2 N–H and O–H groups in total. The number of hydrogen-bond acceptors (Lipinski definition) is 2. The van der Waals surface area contributed by atoms with Crippen molar-refractivity contribution in [3.8, 4) is 0 Å². The van der Waals surface area contributed by atoms with E-state index in [0.29, 0.717) is 12.5 Å². The van der Waals surface area contributed by atoms with Crippen LogP contribution in [0.1, 0.15) is 62.8 Å². The van der Waals surface area contributed by atoms with E-state index in [2.05, 4.69) is 29.7 Å². The van der Waals surface area contributed by atoms with Gasteiger partial charge >= 0.3 is 0 Å². The second-order valence-electron chi connectivity index (χ2n) is 5.93. The van der Waals surface area contributed by atoms with Gasteiger partial charge in [-0.25, -0.2) is 4.98 Å². The molecule has 0 atom stereocenters. The zero-order valence-electron chi connectivity index (χ0n) is 12.4. The van der Waals surface area contributed by atoms with E-state index in [-0.39, 0.29) is 0 Å². The summed E-state index contributed by atoms with van der Waals surface area (Å²) in [6, 6.07) is 6.48. The second kappa shape index (κ2) is 5.96. The molecule has 2 aromatic rings. The molecule has 1 aliphatic carbocycles. The van der Waals surface area contributed by atoms with Crippen molar-refractivity contribution in [1.29, 1.82) is 0 Å². The van der Waals surface area contributed by atoms with E-state index in [1.165, 1.54) is 55.4 Å². The van der Waals surface area contributed by atoms with Crippen LogP contribution in [0.5, 0.6) is 0 Å². The molecule has 108 valence electrons. The molecular formula is C17H25N3. The fourth-order valence-corrected chi connectivity index (χ4v) is 3.50. The van der Waals surface area contributed by atoms with Crippen LogP contribution >= 0.6 is 0 Å². The van der Waals surface area contributed by atoms with E-state index in [9.17, 15) is 0 Å². The molecule has 3 heteroatoms. The van der Waals surface area contributed by atoms with Gasteiger partial charge in [-0.05, 0) is 37.5 Å². The molecule has 1 aromatic carbocycles. The van der Waals surface area contributed by atoms with Crippen molar-refractivity contribution in [2.45, 2.75) is 64.5 Å². The molecule has 0 saturated heterocycles. The molecule has 0 spiro atoms. The lowest BCUT2D eigenvalue weighted by Crippen LogP contribution is -2.08. The van der Waals surface area contributed by atoms with E-state index in [1.54, 1.807) is 0 Å². The van der Waals surface area contributed by atoms with Gasteiger partial charge in [-0.15, -0.1) is 0 Å². The van der Waals surface area contributed by atoms with Crippen molar-refractivity contribution < 1.29 is 0 Å². The smallest absolute Gasteiger partial charge is 0.112 e. The van der Waals surface area contributed by atoms with Crippen LogP contribution in [-0.2, 0) is 13.1 Å². The Morgan fingerprint density at radius 3 is 2.60 bits per heavy atom. The van der Waals surface area contributed by atoms with Gasteiger partial charge in [0.1, 0.15) is 5.82 Å². The standard InChI is InChI=1S/C17H25N3/c1-2-20-16-10-9-13(12-18)11-15(16)19-17(20)14-7-5-3-4-6-8-14/h9-11,14H,2-8,12,18H2,1H3. The second-order valence-corrected chi connectivity index (χ2v) is 5.93. The van der Waals surface area contributed by atoms with Gasteiger partial charge in [0.05, 0.1) is 11.0 Å². The molecule has 1 aliphatic rings. The van der Waals surface area contributed by atoms with Crippen LogP contribution in [0, 0.1) is 0 Å². The first-order valence-electron chi connectivity index (χ1n) is 8.02. The first-order valence-corrected chi connectivity index (χ1v) is 8.02. The number of rotatable bonds is 3. The van der Waals surface area contributed by atoms with E-state index in [0.717, 1.165) is 12.1 Å². The molecule has 3 nitrogen and oxygen atoms in total. The average Bonchev–Trinajstić information content (AvgIpc) is 2.65. The van der Waals surface area contributed by atoms with Crippen LogP contribution in [0.2, 0.25) is 0 Å². The zero-order chi connectivity index (χ0) is 13.9. The highest BCUT2D eigenvalue weighted by atomic mass is 15.1. The van der Waals surface area contributed by atoms with Crippen molar-refractivity contribution in [1.82, 2.24) is 9.55 Å². The molecular weight excluding hydrogens is 246 g/mol. The maximum absolute atomic E-state index is 5.75. The highest BCUT2D eigenvalue weighted by Gasteiger charge is 2.21. The largest absolute Gasteiger partial charge is 0.328 e. The van der Waals surface area contributed by atoms with Crippen LogP contribution in [-0.4, -0.2) is 9.55 Å². The summed E-state index contributed by atoms with van der Waals surface area (Å²) in [5.74, 6) is 1.95. The Hall–Kier alpha value is -1.35. The molecule has 0 unspecified atom stereocenters. The predicted octanol–water partition coefficient (Wildman–Crippen LogP) is 3.95. The Kier molecular flexibility index (Phi) is 4.06. The van der Waals surface area contributed by atoms with Crippen LogP contribution < -0.4 is 5.73 Å². The number of aromatic nitrogens is 2. The number of nitrogens with zero attached hydrogens (tertiary/aromatic N) is 2. The lowest BCUT2D eigenvalue weighted by Gasteiger charge is -2.15. The molecule has 20 heavy (non-hydrogen) atoms. The summed E-state index contributed by atoms with van der Waals surface area (Å²) in [4.78, 5) is 4.96. The van der Waals surface area contributed by atoms with Crippen LogP contribution in [0.4, 0.5) is 0 Å². The minimum Gasteiger partial charge on any atom is -0.328 e. The van der Waals surface area contributed by atoms with Crippen molar-refractivity contribution in [3.63, 3.8) is 0 Å². The number of nitrogens with two attached hydrogens (primary N) is 1. The monoisotopic (exact) mass is 271 g/mol. The summed E-state index contributed by atoms with van der Waals surface area (Å²) in [5.41, 5.74) is 9.31. The molecule has 0 aliphatic heterocycles. The maximum Gasteiger partial charge on any atom is 0.112 e. The number of imidazole rings is 1. The highest BCUT2D eigenvalue weighted by molar-refractivity contribution is 5.77. The lowest BCUT2D eigenvalue weighted by atomic mass is 9.99. The summed E-state index contributed by atoms with van der Waals surface area (Å²) in [6.45, 7) is 3.82. The van der Waals surface area contributed by atoms with Crippen molar-refractivity contribution >= 4 is 11.0 Å². The molecule has 0 radical (unpaired) electrons. The third kappa shape index (κ3) is 2.47. The Morgan fingerprint density at radius 1 is 1.20 bits per heavy atom. The summed E-state index contributed by atoms with van der Waals surface area (Å²) in [7, 11) is 0. The molecule has 1 fully saturated rings. The van der Waals surface area contributed by atoms with Gasteiger partial charge in [0, 0.05) is 19.0 Å². The van der Waals surface area contributed by atoms with Crippen molar-refractivity contribution in [2.75, 3.05) is 0 Å². The van der Waals surface area contributed by atoms with E-state index in [4.69, 9.17) is 10.7 Å². The normalized spacial score (nSPS) is 17.5. The van der Waals surface area contributed by atoms with Gasteiger partial charge in [0.25, 0.3) is 0 Å². The Morgan fingerprint density at radius 2 is 1.95 bits per heavy atom. The molecule has 1 saturated carbocycles. The van der Waals surface area contributed by atoms with Gasteiger partial charge in [-0.3, -0.25) is 0 Å². The SMILES string of the molecule is CCn1c(C2CCCCCC2)nc2cc(CN)ccc21. The van der Waals surface area contributed by atoms with Gasteiger partial charge in [0.15, 0.2) is 0 Å². The lowest BCUT2D eigenvalue weighted by molar-refractivity contribution is 0.532. The third-order valence-electron chi connectivity index (χ3n) is 4.61. The van der Waals surface area contributed by atoms with Gasteiger partial charge in [-0.2, -0.15) is 0 Å². The zero-order valence-corrected chi connectivity index (χ0v) is 12.4. The summed E-state index contributed by atoms with van der Waals surface area (Å²) in [5, 5.41) is 0. The number of benzene rings is 1. The fourth-order valence-electron chi connectivity index (χ4n) is 3.50. The summed E-state index contributed by atoms with van der Waals surface area (Å²) in [6.07, 6.45) is 8.08. The molecule has 3 rings (SSSR count). The van der Waals surface area contributed by atoms with Gasteiger partial charge < -0.3 is 10.3 Å². The number of aryl methyl sites for hydroxylation is 1. The molecule has 1 heterocycles.